The molecule has 1 heterocycles. The molecule has 0 aliphatic heterocycles. The second kappa shape index (κ2) is 18.7. The second-order valence-corrected chi connectivity index (χ2v) is 7.99. The summed E-state index contributed by atoms with van der Waals surface area (Å²) in [4.78, 5) is 11.9. The number of aromatic nitrogens is 1. The van der Waals surface area contributed by atoms with Crippen LogP contribution >= 0.6 is 0 Å². The number of carbonyl (C=O) groups is 1. The van der Waals surface area contributed by atoms with Crippen molar-refractivity contribution in [2.45, 2.75) is 110 Å². The van der Waals surface area contributed by atoms with Gasteiger partial charge in [-0.2, -0.15) is 4.57 Å². The fraction of sp³-hybridized carbons (Fsp3) is 0.680. The van der Waals surface area contributed by atoms with Crippen molar-refractivity contribution in [3.8, 4) is 0 Å². The number of hydrogen-bond acceptors (Lipinski definition) is 2. The van der Waals surface area contributed by atoms with Gasteiger partial charge in [0.25, 0.3) is 0 Å². The lowest BCUT2D eigenvalue weighted by Gasteiger charge is -2.13. The van der Waals surface area contributed by atoms with Gasteiger partial charge in [0, 0.05) is 24.1 Å². The highest BCUT2D eigenvalue weighted by molar-refractivity contribution is 5.86. The lowest BCUT2D eigenvalue weighted by Crippen LogP contribution is -3.00. The highest BCUT2D eigenvalue weighted by Gasteiger charge is 2.22. The summed E-state index contributed by atoms with van der Waals surface area (Å²) in [6, 6.07) is 5.90. The molecule has 0 aliphatic rings. The van der Waals surface area contributed by atoms with Crippen LogP contribution in [0.3, 0.4) is 0 Å². The number of pyridine rings is 1. The molecule has 1 aromatic heterocycles. The Morgan fingerprint density at radius 2 is 1.28 bits per heavy atom. The predicted molar refractivity (Wildman–Crippen MR) is 117 cm³/mol. The minimum atomic E-state index is -0.309. The van der Waals surface area contributed by atoms with Crippen LogP contribution in [-0.4, -0.2) is 5.97 Å². The molecule has 4 heteroatoms. The topological polar surface area (TPSA) is 30.2 Å². The number of carbonyl (C=O) groups excluding carboxylic acids is 1. The van der Waals surface area contributed by atoms with Gasteiger partial charge in [-0.1, -0.05) is 96.6 Å². The molecule has 0 bridgehead atoms. The largest absolute Gasteiger partial charge is 1.00 e. The van der Waals surface area contributed by atoms with E-state index in [0.717, 1.165) is 12.8 Å². The van der Waals surface area contributed by atoms with Crippen LogP contribution in [0.2, 0.25) is 0 Å². The number of hydrogen-bond donors (Lipinski definition) is 0. The maximum atomic E-state index is 11.9. The summed E-state index contributed by atoms with van der Waals surface area (Å²) in [6.07, 6.45) is 21.9. The van der Waals surface area contributed by atoms with E-state index >= 15 is 0 Å². The van der Waals surface area contributed by atoms with Gasteiger partial charge in [0.15, 0.2) is 12.4 Å². The van der Waals surface area contributed by atoms with Gasteiger partial charge in [0.2, 0.25) is 0 Å². The lowest BCUT2D eigenvalue weighted by atomic mass is 10.0. The summed E-state index contributed by atoms with van der Waals surface area (Å²) >= 11 is 0. The van der Waals surface area contributed by atoms with Gasteiger partial charge in [-0.05, 0) is 13.3 Å². The van der Waals surface area contributed by atoms with Gasteiger partial charge in [0.1, 0.15) is 0 Å². The van der Waals surface area contributed by atoms with Crippen molar-refractivity contribution >= 4 is 5.97 Å². The summed E-state index contributed by atoms with van der Waals surface area (Å²) in [5.41, 5.74) is 0.451. The summed E-state index contributed by atoms with van der Waals surface area (Å²) in [5.74, 6) is -0.309. The first kappa shape index (κ1) is 27.6. The number of unbranched alkanes of at least 4 members (excludes halogenated alkanes) is 12. The third-order valence-corrected chi connectivity index (χ3v) is 5.22. The van der Waals surface area contributed by atoms with Gasteiger partial charge >= 0.3 is 12.2 Å². The van der Waals surface area contributed by atoms with Crippen LogP contribution in [0.5, 0.6) is 0 Å². The number of esters is 1. The van der Waals surface area contributed by atoms with Crippen molar-refractivity contribution < 1.29 is 26.5 Å². The van der Waals surface area contributed by atoms with Crippen LogP contribution < -0.4 is 17.0 Å². The van der Waals surface area contributed by atoms with Gasteiger partial charge in [-0.25, -0.2) is 4.79 Å². The Kier molecular flexibility index (Phi) is 17.8. The molecule has 1 unspecified atom stereocenters. The van der Waals surface area contributed by atoms with Gasteiger partial charge in [-0.15, -0.1) is 0 Å². The van der Waals surface area contributed by atoms with Gasteiger partial charge in [0.05, 0.1) is 0 Å². The van der Waals surface area contributed by atoms with Crippen molar-refractivity contribution in [3.63, 3.8) is 0 Å². The van der Waals surface area contributed by atoms with Gasteiger partial charge < -0.3 is 17.1 Å². The minimum Gasteiger partial charge on any atom is -1.00 e. The molecule has 1 rings (SSSR count). The van der Waals surface area contributed by atoms with Crippen LogP contribution in [0.4, 0.5) is 0 Å². The lowest BCUT2D eigenvalue weighted by molar-refractivity contribution is -0.757. The zero-order valence-electron chi connectivity index (χ0n) is 18.7. The third-order valence-electron chi connectivity index (χ3n) is 5.22. The molecule has 0 saturated heterocycles. The molecular formula is C25H42ClNO2. The average Bonchev–Trinajstić information content (AvgIpc) is 2.71. The second-order valence-electron chi connectivity index (χ2n) is 7.99. The highest BCUT2D eigenvalue weighted by Crippen LogP contribution is 2.16. The standard InChI is InChI=1S/C25H42NO2.ClH/c1-4-5-6-7-8-9-10-11-12-13-14-15-17-20-24(28-25(27)23(2)3)26-21-18-16-19-22-26;/h16,18-19,21-22,24H,2,4-15,17,20H2,1,3H3;1H/q+1;/p-1. The molecule has 0 spiro atoms. The van der Waals surface area contributed by atoms with E-state index in [1.807, 2.05) is 35.2 Å². The number of nitrogens with zero attached hydrogens (tertiary/aromatic N) is 1. The molecule has 1 atom stereocenters. The molecule has 166 valence electrons. The zero-order chi connectivity index (χ0) is 20.5. The Labute approximate surface area is 185 Å². The monoisotopic (exact) mass is 423 g/mol. The predicted octanol–water partition coefficient (Wildman–Crippen LogP) is 4.08. The fourth-order valence-electron chi connectivity index (χ4n) is 3.43. The third kappa shape index (κ3) is 14.3. The van der Waals surface area contributed by atoms with Crippen LogP contribution in [0.15, 0.2) is 42.7 Å². The fourth-order valence-corrected chi connectivity index (χ4v) is 3.43. The Bertz CT molecular complexity index is 533. The van der Waals surface area contributed by atoms with E-state index < -0.39 is 0 Å². The van der Waals surface area contributed by atoms with E-state index in [1.165, 1.54) is 77.0 Å². The Morgan fingerprint density at radius 1 is 0.828 bits per heavy atom. The Morgan fingerprint density at radius 3 is 1.72 bits per heavy atom. The van der Waals surface area contributed by atoms with Crippen LogP contribution in [0.1, 0.15) is 110 Å². The first-order valence-electron chi connectivity index (χ1n) is 11.5. The van der Waals surface area contributed by atoms with Crippen molar-refractivity contribution in [2.24, 2.45) is 0 Å². The summed E-state index contributed by atoms with van der Waals surface area (Å²) in [6.45, 7) is 7.66. The SMILES string of the molecule is C=C(C)C(=O)OC(CCCCCCCCCCCCCCC)[n+]1ccccc1.[Cl-]. The first-order valence-corrected chi connectivity index (χ1v) is 11.5. The molecule has 0 amide bonds. The van der Waals surface area contributed by atoms with E-state index in [2.05, 4.69) is 13.5 Å². The van der Waals surface area contributed by atoms with Crippen molar-refractivity contribution in [3.05, 3.63) is 42.7 Å². The van der Waals surface area contributed by atoms with Crippen LogP contribution in [-0.2, 0) is 9.53 Å². The molecule has 29 heavy (non-hydrogen) atoms. The van der Waals surface area contributed by atoms with E-state index in [4.69, 9.17) is 4.74 Å². The number of halogens is 1. The molecule has 0 N–H and O–H groups in total. The summed E-state index contributed by atoms with van der Waals surface area (Å²) in [7, 11) is 0. The normalized spacial score (nSPS) is 11.5. The van der Waals surface area contributed by atoms with Crippen molar-refractivity contribution in [2.75, 3.05) is 0 Å². The van der Waals surface area contributed by atoms with Gasteiger partial charge in [-0.3, -0.25) is 0 Å². The molecule has 0 fully saturated rings. The molecule has 0 aliphatic carbocycles. The summed E-state index contributed by atoms with van der Waals surface area (Å²) in [5, 5.41) is 0. The molecular weight excluding hydrogens is 382 g/mol. The maximum absolute atomic E-state index is 11.9. The molecule has 1 aromatic rings. The quantitative estimate of drug-likeness (QED) is 0.163. The van der Waals surface area contributed by atoms with E-state index in [9.17, 15) is 4.79 Å². The minimum absolute atomic E-state index is 0. The maximum Gasteiger partial charge on any atom is 0.338 e. The van der Waals surface area contributed by atoms with Crippen molar-refractivity contribution in [1.29, 1.82) is 0 Å². The Hall–Kier alpha value is -1.35. The Balaban J connectivity index is 0.00000784. The van der Waals surface area contributed by atoms with Crippen LogP contribution in [0.25, 0.3) is 0 Å². The molecule has 3 nitrogen and oxygen atoms in total. The van der Waals surface area contributed by atoms with E-state index in [-0.39, 0.29) is 24.6 Å². The number of ether oxygens (including phenoxy) is 1. The molecule has 0 aromatic carbocycles. The van der Waals surface area contributed by atoms with Crippen molar-refractivity contribution in [1.82, 2.24) is 0 Å². The van der Waals surface area contributed by atoms with E-state index in [0.29, 0.717) is 5.57 Å². The molecule has 0 radical (unpaired) electrons. The average molecular weight is 424 g/mol. The molecule has 0 saturated carbocycles. The summed E-state index contributed by atoms with van der Waals surface area (Å²) < 4.78 is 7.60. The smallest absolute Gasteiger partial charge is 0.338 e. The zero-order valence-corrected chi connectivity index (χ0v) is 19.5. The first-order chi connectivity index (χ1) is 13.6. The van der Waals surface area contributed by atoms with E-state index in [1.54, 1.807) is 6.92 Å². The number of rotatable bonds is 17. The van der Waals surface area contributed by atoms with Crippen LogP contribution in [0, 0.1) is 0 Å². The highest BCUT2D eigenvalue weighted by atomic mass is 35.5.